The molecule has 1 saturated heterocycles. The summed E-state index contributed by atoms with van der Waals surface area (Å²) >= 11 is 0. The van der Waals surface area contributed by atoms with Crippen LogP contribution in [0.5, 0.6) is 0 Å². The number of nitrogens with zero attached hydrogens (tertiary/aromatic N) is 2. The first-order valence-corrected chi connectivity index (χ1v) is 8.44. The summed E-state index contributed by atoms with van der Waals surface area (Å²) in [6.07, 6.45) is 2.12. The monoisotopic (exact) mass is 332 g/mol. The van der Waals surface area contributed by atoms with Gasteiger partial charge in [-0.2, -0.15) is 0 Å². The first kappa shape index (κ1) is 16.9. The molecular formula is C18H24N2O4. The van der Waals surface area contributed by atoms with Crippen LogP contribution < -0.4 is 0 Å². The molecule has 6 nitrogen and oxygen atoms in total. The summed E-state index contributed by atoms with van der Waals surface area (Å²) in [5.41, 5.74) is 2.34. The van der Waals surface area contributed by atoms with Crippen LogP contribution >= 0.6 is 0 Å². The number of carboxylic acid groups (broad SMARTS) is 1. The van der Waals surface area contributed by atoms with E-state index in [0.717, 1.165) is 24.8 Å². The summed E-state index contributed by atoms with van der Waals surface area (Å²) in [7, 11) is 1.67. The van der Waals surface area contributed by atoms with Crippen molar-refractivity contribution in [2.45, 2.75) is 37.3 Å². The zero-order chi connectivity index (χ0) is 17.3. The number of fused-ring (bicyclic) bond motifs is 1. The maximum Gasteiger partial charge on any atom is 0.317 e. The summed E-state index contributed by atoms with van der Waals surface area (Å²) < 4.78 is 0. The van der Waals surface area contributed by atoms with E-state index < -0.39 is 12.1 Å². The predicted molar refractivity (Wildman–Crippen MR) is 88.8 cm³/mol. The second-order valence-corrected chi connectivity index (χ2v) is 6.83. The van der Waals surface area contributed by atoms with Crippen LogP contribution in [-0.2, 0) is 16.0 Å². The van der Waals surface area contributed by atoms with Gasteiger partial charge in [0.1, 0.15) is 0 Å². The van der Waals surface area contributed by atoms with Crippen LogP contribution in [-0.4, -0.2) is 70.7 Å². The molecule has 1 aliphatic carbocycles. The number of benzene rings is 1. The molecule has 0 unspecified atom stereocenters. The molecule has 130 valence electrons. The van der Waals surface area contributed by atoms with E-state index in [2.05, 4.69) is 6.07 Å². The average molecular weight is 332 g/mol. The highest BCUT2D eigenvalue weighted by Gasteiger charge is 2.39. The zero-order valence-corrected chi connectivity index (χ0v) is 13.9. The lowest BCUT2D eigenvalue weighted by Crippen LogP contribution is -2.43. The number of rotatable bonds is 4. The van der Waals surface area contributed by atoms with Crippen molar-refractivity contribution in [1.82, 2.24) is 9.80 Å². The first-order valence-electron chi connectivity index (χ1n) is 8.44. The van der Waals surface area contributed by atoms with E-state index in [9.17, 15) is 14.7 Å². The minimum absolute atomic E-state index is 0.0485. The lowest BCUT2D eigenvalue weighted by atomic mass is 9.82. The molecule has 2 N–H and O–H groups in total. The third kappa shape index (κ3) is 3.30. The third-order valence-corrected chi connectivity index (χ3v) is 5.19. The molecule has 1 aromatic rings. The number of likely N-dealkylation sites (tertiary alicyclic amines) is 1. The standard InChI is InChI=1S/C18H24N2O4/c1-19(11-17(22)23)15-9-20(10-16(15)21)18(24)14-8-4-6-12-5-2-3-7-13(12)14/h2-3,5,7,14-16,21H,4,6,8-11H2,1H3,(H,22,23)/t14-,15+,16-/m1/s1. The minimum Gasteiger partial charge on any atom is -0.480 e. The second-order valence-electron chi connectivity index (χ2n) is 6.83. The Labute approximate surface area is 141 Å². The number of carbonyl (C=O) groups is 2. The summed E-state index contributed by atoms with van der Waals surface area (Å²) in [6, 6.07) is 7.74. The number of aryl methyl sites for hydroxylation is 1. The SMILES string of the molecule is CN(CC(=O)O)[C@H]1CN(C(=O)[C@@H]2CCCc3ccccc32)C[C@H]1O. The number of β-amino-alcohol motifs (C(OH)–C–C–N with tert-alkyl or cyclic N) is 1. The molecule has 0 radical (unpaired) electrons. The van der Waals surface area contributed by atoms with E-state index >= 15 is 0 Å². The fourth-order valence-electron chi connectivity index (χ4n) is 3.94. The second kappa shape index (κ2) is 6.91. The van der Waals surface area contributed by atoms with Gasteiger partial charge in [0.05, 0.1) is 24.6 Å². The lowest BCUT2D eigenvalue weighted by molar-refractivity contribution is -0.138. The quantitative estimate of drug-likeness (QED) is 0.848. The normalized spacial score (nSPS) is 26.5. The van der Waals surface area contributed by atoms with Crippen LogP contribution in [0.3, 0.4) is 0 Å². The highest BCUT2D eigenvalue weighted by atomic mass is 16.4. The minimum atomic E-state index is -0.935. The summed E-state index contributed by atoms with van der Waals surface area (Å²) in [4.78, 5) is 27.1. The predicted octanol–water partition coefficient (Wildman–Crippen LogP) is 0.695. The molecule has 1 aromatic carbocycles. The van der Waals surface area contributed by atoms with Gasteiger partial charge in [0.15, 0.2) is 0 Å². The van der Waals surface area contributed by atoms with Crippen molar-refractivity contribution >= 4 is 11.9 Å². The molecule has 3 rings (SSSR count). The number of carbonyl (C=O) groups excluding carboxylic acids is 1. The average Bonchev–Trinajstić information content (AvgIpc) is 2.95. The Balaban J connectivity index is 1.72. The van der Waals surface area contributed by atoms with Crippen molar-refractivity contribution < 1.29 is 19.8 Å². The Bertz CT molecular complexity index is 633. The van der Waals surface area contributed by atoms with Gasteiger partial charge >= 0.3 is 5.97 Å². The van der Waals surface area contributed by atoms with E-state index in [4.69, 9.17) is 5.11 Å². The van der Waals surface area contributed by atoms with Crippen molar-refractivity contribution in [3.63, 3.8) is 0 Å². The molecule has 0 saturated carbocycles. The van der Waals surface area contributed by atoms with Gasteiger partial charge in [0.25, 0.3) is 0 Å². The first-order chi connectivity index (χ1) is 11.5. The third-order valence-electron chi connectivity index (χ3n) is 5.19. The Kier molecular flexibility index (Phi) is 4.87. The van der Waals surface area contributed by atoms with Crippen LogP contribution in [0, 0.1) is 0 Å². The number of aliphatic hydroxyl groups is 1. The molecule has 1 fully saturated rings. The Hall–Kier alpha value is -1.92. The van der Waals surface area contributed by atoms with Gasteiger partial charge in [0, 0.05) is 13.1 Å². The lowest BCUT2D eigenvalue weighted by Gasteiger charge is -2.29. The van der Waals surface area contributed by atoms with Crippen molar-refractivity contribution in [3.05, 3.63) is 35.4 Å². The van der Waals surface area contributed by atoms with E-state index in [1.54, 1.807) is 16.8 Å². The van der Waals surface area contributed by atoms with Gasteiger partial charge in [0.2, 0.25) is 5.91 Å². The number of aliphatic carboxylic acids is 1. The van der Waals surface area contributed by atoms with Gasteiger partial charge in [-0.25, -0.2) is 0 Å². The summed E-state index contributed by atoms with van der Waals surface area (Å²) in [6.45, 7) is 0.505. The number of hydrogen-bond acceptors (Lipinski definition) is 4. The molecule has 0 bridgehead atoms. The summed E-state index contributed by atoms with van der Waals surface area (Å²) in [5, 5.41) is 19.2. The molecule has 0 aromatic heterocycles. The van der Waals surface area contributed by atoms with Crippen molar-refractivity contribution in [2.75, 3.05) is 26.7 Å². The topological polar surface area (TPSA) is 81.1 Å². The molecular weight excluding hydrogens is 308 g/mol. The number of aliphatic hydroxyl groups excluding tert-OH is 1. The molecule has 3 atom stereocenters. The number of carboxylic acids is 1. The molecule has 1 heterocycles. The molecule has 1 amide bonds. The van der Waals surface area contributed by atoms with Crippen LogP contribution in [0.4, 0.5) is 0 Å². The van der Waals surface area contributed by atoms with Crippen LogP contribution in [0.25, 0.3) is 0 Å². The van der Waals surface area contributed by atoms with E-state index in [-0.39, 0.29) is 31.0 Å². The molecule has 2 aliphatic rings. The zero-order valence-electron chi connectivity index (χ0n) is 13.9. The highest BCUT2D eigenvalue weighted by molar-refractivity contribution is 5.85. The van der Waals surface area contributed by atoms with Crippen LogP contribution in [0.15, 0.2) is 24.3 Å². The van der Waals surface area contributed by atoms with E-state index in [0.29, 0.717) is 6.54 Å². The van der Waals surface area contributed by atoms with Crippen molar-refractivity contribution in [1.29, 1.82) is 0 Å². The molecule has 1 aliphatic heterocycles. The number of likely N-dealkylation sites (N-methyl/N-ethyl adjacent to an activating group) is 1. The van der Waals surface area contributed by atoms with Crippen molar-refractivity contribution in [3.8, 4) is 0 Å². The Morgan fingerprint density at radius 2 is 2.04 bits per heavy atom. The molecule has 6 heteroatoms. The van der Waals surface area contributed by atoms with Gasteiger partial charge < -0.3 is 15.1 Å². The van der Waals surface area contributed by atoms with Gasteiger partial charge in [-0.05, 0) is 37.4 Å². The number of hydrogen-bond donors (Lipinski definition) is 2. The van der Waals surface area contributed by atoms with Crippen molar-refractivity contribution in [2.24, 2.45) is 0 Å². The molecule has 24 heavy (non-hydrogen) atoms. The van der Waals surface area contributed by atoms with Crippen LogP contribution in [0.1, 0.15) is 29.9 Å². The van der Waals surface area contributed by atoms with Crippen LogP contribution in [0.2, 0.25) is 0 Å². The van der Waals surface area contributed by atoms with Gasteiger partial charge in [-0.15, -0.1) is 0 Å². The molecule has 0 spiro atoms. The van der Waals surface area contributed by atoms with Gasteiger partial charge in [-0.1, -0.05) is 24.3 Å². The largest absolute Gasteiger partial charge is 0.480 e. The van der Waals surface area contributed by atoms with E-state index in [1.165, 1.54) is 5.56 Å². The highest BCUT2D eigenvalue weighted by Crippen LogP contribution is 2.34. The fraction of sp³-hybridized carbons (Fsp3) is 0.556. The maximum atomic E-state index is 13.0. The Morgan fingerprint density at radius 3 is 2.79 bits per heavy atom. The number of amides is 1. The maximum absolute atomic E-state index is 13.0. The summed E-state index contributed by atoms with van der Waals surface area (Å²) in [5.74, 6) is -1.03. The fourth-order valence-corrected chi connectivity index (χ4v) is 3.94. The Morgan fingerprint density at radius 1 is 1.29 bits per heavy atom. The van der Waals surface area contributed by atoms with E-state index in [1.807, 2.05) is 18.2 Å². The smallest absolute Gasteiger partial charge is 0.317 e. The van der Waals surface area contributed by atoms with Gasteiger partial charge in [-0.3, -0.25) is 14.5 Å².